The number of aliphatic imine (C=N–C) groups is 1. The number of benzene rings is 1. The van der Waals surface area contributed by atoms with Crippen molar-refractivity contribution in [1.82, 2.24) is 15.1 Å². The number of nitrogens with one attached hydrogen (secondary N) is 1. The van der Waals surface area contributed by atoms with E-state index >= 15 is 0 Å². The van der Waals surface area contributed by atoms with Crippen molar-refractivity contribution in [2.24, 2.45) is 10.9 Å². The molecule has 3 heterocycles. The third-order valence-corrected chi connectivity index (χ3v) is 5.87. The Morgan fingerprint density at radius 1 is 1.21 bits per heavy atom. The van der Waals surface area contributed by atoms with Crippen molar-refractivity contribution >= 4 is 29.9 Å². The molecule has 0 radical (unpaired) electrons. The molecule has 1 N–H and O–H groups in total. The van der Waals surface area contributed by atoms with Crippen molar-refractivity contribution < 1.29 is 9.47 Å². The molecule has 2 fully saturated rings. The van der Waals surface area contributed by atoms with Crippen LogP contribution in [0.25, 0.3) is 0 Å². The monoisotopic (exact) mass is 500 g/mol. The minimum atomic E-state index is 0. The molecule has 0 amide bonds. The van der Waals surface area contributed by atoms with Gasteiger partial charge in [0.15, 0.2) is 5.96 Å². The number of ether oxygens (including phenoxy) is 2. The van der Waals surface area contributed by atoms with Crippen LogP contribution in [-0.4, -0.2) is 81.9 Å². The maximum Gasteiger partial charge on any atom is 0.193 e. The van der Waals surface area contributed by atoms with Crippen LogP contribution in [0.3, 0.4) is 0 Å². The first-order valence-corrected chi connectivity index (χ1v) is 10.3. The van der Waals surface area contributed by atoms with Crippen LogP contribution in [0.15, 0.2) is 23.2 Å². The maximum atomic E-state index is 5.59. The minimum Gasteiger partial charge on any atom is -0.493 e. The van der Waals surface area contributed by atoms with Crippen molar-refractivity contribution in [2.75, 3.05) is 66.1 Å². The van der Waals surface area contributed by atoms with Crippen LogP contribution in [0, 0.1) is 5.92 Å². The molecule has 0 aromatic heterocycles. The Bertz CT molecular complexity index is 664. The van der Waals surface area contributed by atoms with Crippen LogP contribution in [0.4, 0.5) is 0 Å². The Kier molecular flexibility index (Phi) is 8.23. The Hall–Kier alpha value is -1.06. The van der Waals surface area contributed by atoms with Crippen molar-refractivity contribution in [3.05, 3.63) is 29.3 Å². The SMILES string of the molecule is CN=C(NCCc1ccc2c(c1)CCO2)N1CCC(CN2CCOCC2)C1.I. The van der Waals surface area contributed by atoms with Crippen LogP contribution in [0.2, 0.25) is 0 Å². The molecule has 1 atom stereocenters. The molecular formula is C21H33IN4O2. The van der Waals surface area contributed by atoms with E-state index in [0.717, 1.165) is 83.0 Å². The van der Waals surface area contributed by atoms with Gasteiger partial charge in [0.2, 0.25) is 0 Å². The highest BCUT2D eigenvalue weighted by molar-refractivity contribution is 14.0. The second-order valence-corrected chi connectivity index (χ2v) is 7.78. The summed E-state index contributed by atoms with van der Waals surface area (Å²) in [6.45, 7) is 9.06. The van der Waals surface area contributed by atoms with Crippen LogP contribution in [0.1, 0.15) is 17.5 Å². The summed E-state index contributed by atoms with van der Waals surface area (Å²) in [5.41, 5.74) is 2.72. The quantitative estimate of drug-likeness (QED) is 0.381. The molecule has 0 spiro atoms. The second kappa shape index (κ2) is 10.6. The standard InChI is InChI=1S/C21H32N4O2.HI/c1-22-21(23-7-4-17-2-3-20-19(14-17)6-11-27-20)25-8-5-18(16-25)15-24-9-12-26-13-10-24;/h2-3,14,18H,4-13,15-16H2,1H3,(H,22,23);1H. The molecule has 1 unspecified atom stereocenters. The highest BCUT2D eigenvalue weighted by Crippen LogP contribution is 2.26. The predicted molar refractivity (Wildman–Crippen MR) is 123 cm³/mol. The van der Waals surface area contributed by atoms with Gasteiger partial charge in [-0.3, -0.25) is 9.89 Å². The molecule has 1 aromatic carbocycles. The van der Waals surface area contributed by atoms with E-state index in [1.54, 1.807) is 0 Å². The lowest BCUT2D eigenvalue weighted by Gasteiger charge is -2.29. The Morgan fingerprint density at radius 3 is 2.89 bits per heavy atom. The van der Waals surface area contributed by atoms with Crippen molar-refractivity contribution in [1.29, 1.82) is 0 Å². The van der Waals surface area contributed by atoms with Crippen LogP contribution < -0.4 is 10.1 Å². The molecule has 28 heavy (non-hydrogen) atoms. The zero-order chi connectivity index (χ0) is 18.5. The van der Waals surface area contributed by atoms with E-state index in [2.05, 4.69) is 38.3 Å². The van der Waals surface area contributed by atoms with Gasteiger partial charge in [0.25, 0.3) is 0 Å². The first-order valence-electron chi connectivity index (χ1n) is 10.3. The zero-order valence-electron chi connectivity index (χ0n) is 16.9. The number of likely N-dealkylation sites (tertiary alicyclic amines) is 1. The molecule has 0 bridgehead atoms. The maximum absolute atomic E-state index is 5.59. The van der Waals surface area contributed by atoms with E-state index in [-0.39, 0.29) is 24.0 Å². The lowest BCUT2D eigenvalue weighted by atomic mass is 10.1. The molecule has 4 rings (SSSR count). The van der Waals surface area contributed by atoms with E-state index in [0.29, 0.717) is 0 Å². The summed E-state index contributed by atoms with van der Waals surface area (Å²) in [4.78, 5) is 9.48. The molecule has 0 aliphatic carbocycles. The van der Waals surface area contributed by atoms with Crippen LogP contribution in [0.5, 0.6) is 5.75 Å². The number of nitrogens with zero attached hydrogens (tertiary/aromatic N) is 3. The highest BCUT2D eigenvalue weighted by atomic mass is 127. The van der Waals surface area contributed by atoms with E-state index in [1.807, 2.05) is 7.05 Å². The number of guanidine groups is 1. The van der Waals surface area contributed by atoms with Gasteiger partial charge in [-0.1, -0.05) is 12.1 Å². The first-order chi connectivity index (χ1) is 13.3. The topological polar surface area (TPSA) is 49.3 Å². The molecule has 156 valence electrons. The average molecular weight is 500 g/mol. The van der Waals surface area contributed by atoms with Crippen LogP contribution in [-0.2, 0) is 17.6 Å². The molecule has 7 heteroatoms. The van der Waals surface area contributed by atoms with Gasteiger partial charge in [0.1, 0.15) is 5.75 Å². The van der Waals surface area contributed by atoms with Crippen molar-refractivity contribution in [3.8, 4) is 5.75 Å². The summed E-state index contributed by atoms with van der Waals surface area (Å²) < 4.78 is 11.1. The number of fused-ring (bicyclic) bond motifs is 1. The summed E-state index contributed by atoms with van der Waals surface area (Å²) >= 11 is 0. The smallest absolute Gasteiger partial charge is 0.193 e. The molecular weight excluding hydrogens is 467 g/mol. The van der Waals surface area contributed by atoms with Gasteiger partial charge < -0.3 is 19.7 Å². The number of morpholine rings is 1. The zero-order valence-corrected chi connectivity index (χ0v) is 19.2. The van der Waals surface area contributed by atoms with E-state index in [1.165, 1.54) is 24.1 Å². The molecule has 1 aromatic rings. The highest BCUT2D eigenvalue weighted by Gasteiger charge is 2.27. The van der Waals surface area contributed by atoms with Crippen molar-refractivity contribution in [2.45, 2.75) is 19.3 Å². The number of rotatable bonds is 5. The normalized spacial score (nSPS) is 22.5. The number of hydrogen-bond donors (Lipinski definition) is 1. The van der Waals surface area contributed by atoms with Crippen LogP contribution >= 0.6 is 24.0 Å². The van der Waals surface area contributed by atoms with Gasteiger partial charge in [-0.15, -0.1) is 24.0 Å². The lowest BCUT2D eigenvalue weighted by molar-refractivity contribution is 0.0315. The fraction of sp³-hybridized carbons (Fsp3) is 0.667. The first kappa shape index (κ1) is 21.6. The lowest BCUT2D eigenvalue weighted by Crippen LogP contribution is -2.42. The van der Waals surface area contributed by atoms with E-state index in [4.69, 9.17) is 9.47 Å². The Balaban J connectivity index is 0.00000225. The molecule has 2 saturated heterocycles. The van der Waals surface area contributed by atoms with Gasteiger partial charge in [-0.05, 0) is 36.0 Å². The summed E-state index contributed by atoms with van der Waals surface area (Å²) in [6, 6.07) is 6.59. The Morgan fingerprint density at radius 2 is 2.07 bits per heavy atom. The molecule has 3 aliphatic heterocycles. The summed E-state index contributed by atoms with van der Waals surface area (Å²) in [5, 5.41) is 3.56. The number of hydrogen-bond acceptors (Lipinski definition) is 4. The minimum absolute atomic E-state index is 0. The summed E-state index contributed by atoms with van der Waals surface area (Å²) in [7, 11) is 1.89. The van der Waals surface area contributed by atoms with Gasteiger partial charge in [-0.25, -0.2) is 0 Å². The van der Waals surface area contributed by atoms with Gasteiger partial charge in [0, 0.05) is 52.7 Å². The number of halogens is 1. The largest absolute Gasteiger partial charge is 0.493 e. The summed E-state index contributed by atoms with van der Waals surface area (Å²) in [5.74, 6) is 2.84. The van der Waals surface area contributed by atoms with E-state index in [9.17, 15) is 0 Å². The van der Waals surface area contributed by atoms with Gasteiger partial charge >= 0.3 is 0 Å². The molecule has 6 nitrogen and oxygen atoms in total. The molecule has 0 saturated carbocycles. The third kappa shape index (κ3) is 5.51. The molecule has 3 aliphatic rings. The van der Waals surface area contributed by atoms with E-state index < -0.39 is 0 Å². The third-order valence-electron chi connectivity index (χ3n) is 5.87. The average Bonchev–Trinajstić information content (AvgIpc) is 3.35. The van der Waals surface area contributed by atoms with Gasteiger partial charge in [-0.2, -0.15) is 0 Å². The van der Waals surface area contributed by atoms with Crippen molar-refractivity contribution in [3.63, 3.8) is 0 Å². The fourth-order valence-corrected chi connectivity index (χ4v) is 4.37. The van der Waals surface area contributed by atoms with Gasteiger partial charge in [0.05, 0.1) is 19.8 Å². The fourth-order valence-electron chi connectivity index (χ4n) is 4.37. The second-order valence-electron chi connectivity index (χ2n) is 7.78. The predicted octanol–water partition coefficient (Wildman–Crippen LogP) is 2.01. The Labute approximate surface area is 185 Å². The summed E-state index contributed by atoms with van der Waals surface area (Å²) in [6.07, 6.45) is 3.30.